The number of ether oxygens (including phenoxy) is 5. The molecule has 0 aromatic rings. The molecule has 0 saturated heterocycles. The van der Waals surface area contributed by atoms with Gasteiger partial charge in [-0.25, -0.2) is 0 Å². The quantitative estimate of drug-likeness (QED) is 0.138. The minimum absolute atomic E-state index is 0.0427. The van der Waals surface area contributed by atoms with E-state index in [-0.39, 0.29) is 35.6 Å². The fraction of sp³-hybridized carbons (Fsp3) is 1.00. The Morgan fingerprint density at radius 3 is 0.897 bits per heavy atom. The van der Waals surface area contributed by atoms with E-state index in [0.29, 0.717) is 64.7 Å². The van der Waals surface area contributed by atoms with E-state index in [1.165, 1.54) is 0 Å². The Hall–Kier alpha value is -0.400. The molecule has 0 aliphatic heterocycles. The largest absolute Gasteiger partial charge is 0.380 e. The van der Waals surface area contributed by atoms with E-state index in [1.807, 2.05) is 34.6 Å². The predicted octanol–water partition coefficient (Wildman–Crippen LogP) is 2.49. The zero-order valence-corrected chi connectivity index (χ0v) is 27.2. The monoisotopic (exact) mass is 568 g/mol. The molecule has 10 N–H and O–H groups in total. The van der Waals surface area contributed by atoms with Gasteiger partial charge in [-0.1, -0.05) is 34.6 Å². The highest BCUT2D eigenvalue weighted by atomic mass is 16.5. The van der Waals surface area contributed by atoms with Gasteiger partial charge in [0.1, 0.15) is 0 Å². The third-order valence-corrected chi connectivity index (χ3v) is 4.78. The number of rotatable bonds is 21. The molecule has 10 heteroatoms. The van der Waals surface area contributed by atoms with Crippen LogP contribution in [0.5, 0.6) is 0 Å². The van der Waals surface area contributed by atoms with E-state index in [9.17, 15) is 0 Å². The van der Waals surface area contributed by atoms with Crippen LogP contribution < -0.4 is 28.7 Å². The highest BCUT2D eigenvalue weighted by Crippen LogP contribution is 2.24. The third kappa shape index (κ3) is 37.6. The summed E-state index contributed by atoms with van der Waals surface area (Å²) in [5.74, 6) is 1.14. The summed E-state index contributed by atoms with van der Waals surface area (Å²) in [5.41, 5.74) is 27.6. The zero-order valence-electron chi connectivity index (χ0n) is 27.2. The Morgan fingerprint density at radius 2 is 0.641 bits per heavy atom. The lowest BCUT2D eigenvalue weighted by Crippen LogP contribution is -2.39. The summed E-state index contributed by atoms with van der Waals surface area (Å²) < 4.78 is 27.7. The van der Waals surface area contributed by atoms with Gasteiger partial charge in [0.25, 0.3) is 0 Å². The first-order valence-electron chi connectivity index (χ1n) is 14.7. The average Bonchev–Trinajstić information content (AvgIpc) is 2.78. The molecule has 10 nitrogen and oxygen atoms in total. The summed E-state index contributed by atoms with van der Waals surface area (Å²) in [6, 6.07) is 0.485. The van der Waals surface area contributed by atoms with E-state index in [0.717, 1.165) is 19.6 Å². The second-order valence-electron chi connectivity index (χ2n) is 12.1. The molecule has 0 heterocycles. The standard InChI is InChI=1S/C16H36N2O3.C7H17NO.C6H16N2O/c1-6-16(10-19-7-13(2)3,11-20-8-14(4)17)12-21-9-15(5)18;1-6(2)4-9-5-7(3)8;1-5(7)3-9-4-6(2)8/h13-15H,6-12,17-18H2,1-5H3;6-7H,4-5,8H2,1-3H3;5-6H,3-4,7-8H2,1-2H3. The van der Waals surface area contributed by atoms with Crippen LogP contribution in [0.2, 0.25) is 0 Å². The minimum atomic E-state index is -0.126. The van der Waals surface area contributed by atoms with Crippen molar-refractivity contribution >= 4 is 0 Å². The van der Waals surface area contributed by atoms with Crippen molar-refractivity contribution in [2.45, 2.75) is 106 Å². The fourth-order valence-electron chi connectivity index (χ4n) is 2.79. The lowest BCUT2D eigenvalue weighted by Gasteiger charge is -2.33. The summed E-state index contributed by atoms with van der Waals surface area (Å²) >= 11 is 0. The maximum Gasteiger partial charge on any atom is 0.0615 e. The van der Waals surface area contributed by atoms with Crippen molar-refractivity contribution in [1.82, 2.24) is 0 Å². The molecular weight excluding hydrogens is 498 g/mol. The predicted molar refractivity (Wildman–Crippen MR) is 165 cm³/mol. The molecule has 0 saturated carbocycles. The molecule has 0 aliphatic rings. The smallest absolute Gasteiger partial charge is 0.0615 e. The van der Waals surface area contributed by atoms with Gasteiger partial charge in [-0.15, -0.1) is 0 Å². The van der Waals surface area contributed by atoms with E-state index >= 15 is 0 Å². The molecule has 5 atom stereocenters. The van der Waals surface area contributed by atoms with Crippen molar-refractivity contribution in [2.24, 2.45) is 45.9 Å². The van der Waals surface area contributed by atoms with Crippen LogP contribution in [0.4, 0.5) is 0 Å². The van der Waals surface area contributed by atoms with Crippen molar-refractivity contribution in [3.8, 4) is 0 Å². The first-order valence-corrected chi connectivity index (χ1v) is 14.7. The molecular formula is C29H69N5O5. The molecule has 240 valence electrons. The third-order valence-electron chi connectivity index (χ3n) is 4.78. The lowest BCUT2D eigenvalue weighted by atomic mass is 9.88. The van der Waals surface area contributed by atoms with Gasteiger partial charge in [0.15, 0.2) is 0 Å². The summed E-state index contributed by atoms with van der Waals surface area (Å²) in [5, 5.41) is 0. The van der Waals surface area contributed by atoms with Crippen LogP contribution in [-0.2, 0) is 23.7 Å². The molecule has 0 aliphatic carbocycles. The molecule has 0 fully saturated rings. The first-order chi connectivity index (χ1) is 18.1. The number of nitrogens with two attached hydrogens (primary N) is 5. The Balaban J connectivity index is -0.000000592. The van der Waals surface area contributed by atoms with E-state index in [4.69, 9.17) is 52.4 Å². The summed E-state index contributed by atoms with van der Waals surface area (Å²) in [6.07, 6.45) is 0.934. The maximum absolute atomic E-state index is 5.84. The second-order valence-corrected chi connectivity index (χ2v) is 12.1. The van der Waals surface area contributed by atoms with Gasteiger partial charge in [-0.2, -0.15) is 0 Å². The Kier molecular flexibility index (Phi) is 30.6. The van der Waals surface area contributed by atoms with Crippen molar-refractivity contribution in [2.75, 3.05) is 66.1 Å². The summed E-state index contributed by atoms with van der Waals surface area (Å²) in [6.45, 7) is 26.7. The zero-order chi connectivity index (χ0) is 30.9. The number of hydrogen-bond acceptors (Lipinski definition) is 10. The van der Waals surface area contributed by atoms with Crippen LogP contribution in [0.25, 0.3) is 0 Å². The van der Waals surface area contributed by atoms with Gasteiger partial charge in [-0.3, -0.25) is 0 Å². The van der Waals surface area contributed by atoms with Crippen LogP contribution in [0, 0.1) is 17.3 Å². The molecule has 0 amide bonds. The van der Waals surface area contributed by atoms with Crippen molar-refractivity contribution < 1.29 is 23.7 Å². The van der Waals surface area contributed by atoms with Crippen LogP contribution in [-0.4, -0.2) is 96.3 Å². The van der Waals surface area contributed by atoms with Gasteiger partial charge in [0, 0.05) is 48.8 Å². The van der Waals surface area contributed by atoms with Crippen LogP contribution >= 0.6 is 0 Å². The van der Waals surface area contributed by atoms with E-state index < -0.39 is 0 Å². The average molecular weight is 568 g/mol. The topological polar surface area (TPSA) is 176 Å². The SMILES string of the molecule is CC(C)COCC(C)N.CC(N)COCC(C)N.CCC(COCC(C)C)(COCC(C)N)COCC(C)N. The molecule has 5 unspecified atom stereocenters. The van der Waals surface area contributed by atoms with Crippen LogP contribution in [0.3, 0.4) is 0 Å². The highest BCUT2D eigenvalue weighted by molar-refractivity contribution is 4.78. The lowest BCUT2D eigenvalue weighted by molar-refractivity contribution is -0.0771. The van der Waals surface area contributed by atoms with Gasteiger partial charge in [0.05, 0.1) is 52.9 Å². The fourth-order valence-corrected chi connectivity index (χ4v) is 2.79. The second kappa shape index (κ2) is 27.8. The van der Waals surface area contributed by atoms with E-state index in [1.54, 1.807) is 0 Å². The Labute approximate surface area is 241 Å². The summed E-state index contributed by atoms with van der Waals surface area (Å²) in [7, 11) is 0. The van der Waals surface area contributed by atoms with Crippen molar-refractivity contribution in [3.05, 3.63) is 0 Å². The normalized spacial score (nSPS) is 16.8. The molecule has 0 rings (SSSR count). The first kappa shape index (κ1) is 43.1. The Morgan fingerprint density at radius 1 is 0.410 bits per heavy atom. The number of hydrogen-bond donors (Lipinski definition) is 5. The van der Waals surface area contributed by atoms with Crippen LogP contribution in [0.15, 0.2) is 0 Å². The summed E-state index contributed by atoms with van der Waals surface area (Å²) in [4.78, 5) is 0. The maximum atomic E-state index is 5.84. The molecule has 0 aromatic carbocycles. The minimum Gasteiger partial charge on any atom is -0.380 e. The van der Waals surface area contributed by atoms with Crippen molar-refractivity contribution in [1.29, 1.82) is 0 Å². The molecule has 0 bridgehead atoms. The van der Waals surface area contributed by atoms with Crippen LogP contribution in [0.1, 0.15) is 75.7 Å². The van der Waals surface area contributed by atoms with Gasteiger partial charge < -0.3 is 52.4 Å². The van der Waals surface area contributed by atoms with Gasteiger partial charge in [0.2, 0.25) is 0 Å². The molecule has 0 aromatic heterocycles. The molecule has 0 spiro atoms. The highest BCUT2D eigenvalue weighted by Gasteiger charge is 2.30. The van der Waals surface area contributed by atoms with Gasteiger partial charge in [-0.05, 0) is 52.9 Å². The van der Waals surface area contributed by atoms with E-state index in [2.05, 4.69) is 34.6 Å². The molecule has 39 heavy (non-hydrogen) atoms. The Bertz CT molecular complexity index is 423. The van der Waals surface area contributed by atoms with Gasteiger partial charge >= 0.3 is 0 Å². The van der Waals surface area contributed by atoms with Crippen molar-refractivity contribution in [3.63, 3.8) is 0 Å². The molecule has 0 radical (unpaired) electrons.